The SMILES string of the molecule is CCc1cnc(CNC(=S)NCC(C)C)s1. The van der Waals surface area contributed by atoms with Crippen LogP contribution in [-0.2, 0) is 13.0 Å². The van der Waals surface area contributed by atoms with Crippen molar-refractivity contribution < 1.29 is 0 Å². The number of thiocarbonyl (C=S) groups is 1. The third-order valence-electron chi connectivity index (χ3n) is 2.02. The first-order chi connectivity index (χ1) is 7.61. The van der Waals surface area contributed by atoms with Crippen LogP contribution in [0.25, 0.3) is 0 Å². The molecule has 1 heterocycles. The maximum Gasteiger partial charge on any atom is 0.166 e. The van der Waals surface area contributed by atoms with E-state index in [-0.39, 0.29) is 0 Å². The third kappa shape index (κ3) is 4.90. The van der Waals surface area contributed by atoms with Gasteiger partial charge in [-0.25, -0.2) is 4.98 Å². The van der Waals surface area contributed by atoms with E-state index in [4.69, 9.17) is 12.2 Å². The average molecular weight is 257 g/mol. The van der Waals surface area contributed by atoms with Crippen LogP contribution in [-0.4, -0.2) is 16.6 Å². The Morgan fingerprint density at radius 3 is 2.81 bits per heavy atom. The number of nitrogens with one attached hydrogen (secondary N) is 2. The number of hydrogen-bond acceptors (Lipinski definition) is 3. The van der Waals surface area contributed by atoms with Crippen LogP contribution in [0.3, 0.4) is 0 Å². The zero-order chi connectivity index (χ0) is 12.0. The van der Waals surface area contributed by atoms with Crippen molar-refractivity contribution in [2.45, 2.75) is 33.7 Å². The lowest BCUT2D eigenvalue weighted by atomic mass is 10.2. The van der Waals surface area contributed by atoms with Crippen molar-refractivity contribution >= 4 is 28.7 Å². The van der Waals surface area contributed by atoms with Gasteiger partial charge in [-0.1, -0.05) is 20.8 Å². The molecule has 0 aromatic carbocycles. The van der Waals surface area contributed by atoms with Crippen LogP contribution in [0.2, 0.25) is 0 Å². The summed E-state index contributed by atoms with van der Waals surface area (Å²) in [5, 5.41) is 8.13. The standard InChI is InChI=1S/C11H19N3S2/c1-4-9-6-12-10(16-9)7-14-11(15)13-5-8(2)3/h6,8H,4-5,7H2,1-3H3,(H2,13,14,15). The molecular formula is C11H19N3S2. The predicted octanol–water partition coefficient (Wildman–Crippen LogP) is 2.33. The van der Waals surface area contributed by atoms with Gasteiger partial charge in [-0.2, -0.15) is 0 Å². The van der Waals surface area contributed by atoms with E-state index in [1.54, 1.807) is 11.3 Å². The molecule has 0 spiro atoms. The predicted molar refractivity (Wildman–Crippen MR) is 73.8 cm³/mol. The highest BCUT2D eigenvalue weighted by Crippen LogP contribution is 2.12. The first-order valence-electron chi connectivity index (χ1n) is 5.57. The van der Waals surface area contributed by atoms with Gasteiger partial charge in [0.25, 0.3) is 0 Å². The molecule has 5 heteroatoms. The van der Waals surface area contributed by atoms with E-state index in [1.165, 1.54) is 4.88 Å². The zero-order valence-electron chi connectivity index (χ0n) is 10.0. The highest BCUT2D eigenvalue weighted by Gasteiger charge is 2.02. The van der Waals surface area contributed by atoms with Gasteiger partial charge in [0.05, 0.1) is 6.54 Å². The van der Waals surface area contributed by atoms with E-state index >= 15 is 0 Å². The molecule has 0 fully saturated rings. The molecule has 2 N–H and O–H groups in total. The van der Waals surface area contributed by atoms with E-state index < -0.39 is 0 Å². The molecular weight excluding hydrogens is 238 g/mol. The Hall–Kier alpha value is -0.680. The molecule has 0 saturated carbocycles. The first-order valence-corrected chi connectivity index (χ1v) is 6.79. The lowest BCUT2D eigenvalue weighted by Gasteiger charge is -2.10. The smallest absolute Gasteiger partial charge is 0.166 e. The second-order valence-electron chi connectivity index (χ2n) is 4.03. The van der Waals surface area contributed by atoms with Gasteiger partial charge in [0.15, 0.2) is 5.11 Å². The Kier molecular flexibility index (Phi) is 5.69. The van der Waals surface area contributed by atoms with Crippen molar-refractivity contribution in [1.82, 2.24) is 15.6 Å². The fourth-order valence-electron chi connectivity index (χ4n) is 1.11. The number of hydrogen-bond donors (Lipinski definition) is 2. The molecule has 0 aliphatic heterocycles. The minimum absolute atomic E-state index is 0.603. The molecule has 1 aromatic rings. The topological polar surface area (TPSA) is 37.0 Å². The quantitative estimate of drug-likeness (QED) is 0.794. The molecule has 0 unspecified atom stereocenters. The summed E-state index contributed by atoms with van der Waals surface area (Å²) in [7, 11) is 0. The first kappa shape index (κ1) is 13.4. The second kappa shape index (κ2) is 6.81. The molecule has 3 nitrogen and oxygen atoms in total. The Bertz CT molecular complexity index is 334. The Morgan fingerprint density at radius 2 is 2.25 bits per heavy atom. The molecule has 0 aliphatic rings. The Balaban J connectivity index is 2.26. The van der Waals surface area contributed by atoms with Crippen molar-refractivity contribution in [3.8, 4) is 0 Å². The van der Waals surface area contributed by atoms with Crippen LogP contribution in [0.5, 0.6) is 0 Å². The lowest BCUT2D eigenvalue weighted by molar-refractivity contribution is 0.619. The van der Waals surface area contributed by atoms with Crippen molar-refractivity contribution in [3.63, 3.8) is 0 Å². The fourth-order valence-corrected chi connectivity index (χ4v) is 2.07. The molecule has 90 valence electrons. The molecule has 0 bridgehead atoms. The summed E-state index contributed by atoms with van der Waals surface area (Å²) in [5.74, 6) is 0.603. The van der Waals surface area contributed by atoms with Gasteiger partial charge in [-0.15, -0.1) is 11.3 Å². The van der Waals surface area contributed by atoms with E-state index in [0.29, 0.717) is 17.6 Å². The molecule has 0 amide bonds. The molecule has 0 radical (unpaired) electrons. The van der Waals surface area contributed by atoms with Crippen molar-refractivity contribution in [1.29, 1.82) is 0 Å². The molecule has 0 aliphatic carbocycles. The number of nitrogens with zero attached hydrogens (tertiary/aromatic N) is 1. The van der Waals surface area contributed by atoms with Crippen LogP contribution in [0.1, 0.15) is 30.7 Å². The van der Waals surface area contributed by atoms with Crippen LogP contribution in [0, 0.1) is 5.92 Å². The third-order valence-corrected chi connectivity index (χ3v) is 3.45. The Labute approximate surface area is 107 Å². The zero-order valence-corrected chi connectivity index (χ0v) is 11.7. The maximum absolute atomic E-state index is 5.16. The average Bonchev–Trinajstić information content (AvgIpc) is 2.71. The van der Waals surface area contributed by atoms with Gasteiger partial charge >= 0.3 is 0 Å². The fraction of sp³-hybridized carbons (Fsp3) is 0.636. The van der Waals surface area contributed by atoms with E-state index in [1.807, 2.05) is 6.20 Å². The summed E-state index contributed by atoms with van der Waals surface area (Å²) in [4.78, 5) is 5.64. The normalized spacial score (nSPS) is 10.5. The highest BCUT2D eigenvalue weighted by atomic mass is 32.1. The van der Waals surface area contributed by atoms with E-state index in [2.05, 4.69) is 36.4 Å². The summed E-state index contributed by atoms with van der Waals surface area (Å²) in [6, 6.07) is 0. The molecule has 16 heavy (non-hydrogen) atoms. The van der Waals surface area contributed by atoms with E-state index in [0.717, 1.165) is 18.0 Å². The number of aromatic nitrogens is 1. The van der Waals surface area contributed by atoms with Gasteiger partial charge in [-0.3, -0.25) is 0 Å². The highest BCUT2D eigenvalue weighted by molar-refractivity contribution is 7.80. The number of rotatable bonds is 5. The maximum atomic E-state index is 5.16. The summed E-state index contributed by atoms with van der Waals surface area (Å²) < 4.78 is 0. The van der Waals surface area contributed by atoms with Crippen LogP contribution in [0.15, 0.2) is 6.20 Å². The summed E-state index contributed by atoms with van der Waals surface area (Å²) in [5.41, 5.74) is 0. The minimum atomic E-state index is 0.603. The van der Waals surface area contributed by atoms with Crippen molar-refractivity contribution in [2.24, 2.45) is 5.92 Å². The monoisotopic (exact) mass is 257 g/mol. The van der Waals surface area contributed by atoms with Gasteiger partial charge in [0.1, 0.15) is 5.01 Å². The minimum Gasteiger partial charge on any atom is -0.362 e. The number of aryl methyl sites for hydroxylation is 1. The van der Waals surface area contributed by atoms with Gasteiger partial charge in [0.2, 0.25) is 0 Å². The van der Waals surface area contributed by atoms with Crippen molar-refractivity contribution in [2.75, 3.05) is 6.54 Å². The second-order valence-corrected chi connectivity index (χ2v) is 5.64. The molecule has 1 rings (SSSR count). The van der Waals surface area contributed by atoms with Gasteiger partial charge < -0.3 is 10.6 Å². The Morgan fingerprint density at radius 1 is 1.50 bits per heavy atom. The van der Waals surface area contributed by atoms with Crippen LogP contribution in [0.4, 0.5) is 0 Å². The van der Waals surface area contributed by atoms with Gasteiger partial charge in [0, 0.05) is 17.6 Å². The summed E-state index contributed by atoms with van der Waals surface area (Å²) in [6.07, 6.45) is 2.99. The summed E-state index contributed by atoms with van der Waals surface area (Å²) >= 11 is 6.90. The number of thiazole rings is 1. The largest absolute Gasteiger partial charge is 0.362 e. The lowest BCUT2D eigenvalue weighted by Crippen LogP contribution is -2.36. The van der Waals surface area contributed by atoms with E-state index in [9.17, 15) is 0 Å². The molecule has 0 saturated heterocycles. The van der Waals surface area contributed by atoms with Crippen LogP contribution >= 0.6 is 23.6 Å². The molecule has 0 atom stereocenters. The molecule has 1 aromatic heterocycles. The summed E-state index contributed by atoms with van der Waals surface area (Å²) in [6.45, 7) is 8.08. The van der Waals surface area contributed by atoms with Crippen molar-refractivity contribution in [3.05, 3.63) is 16.1 Å². The van der Waals surface area contributed by atoms with Crippen LogP contribution < -0.4 is 10.6 Å². The van der Waals surface area contributed by atoms with Gasteiger partial charge in [-0.05, 0) is 24.6 Å².